The molecule has 10 nitrogen and oxygen atoms in total. The molecule has 35 heavy (non-hydrogen) atoms. The van der Waals surface area contributed by atoms with Gasteiger partial charge in [-0.25, -0.2) is 19.5 Å². The molecule has 1 aromatic carbocycles. The maximum Gasteiger partial charge on any atom is 0.417 e. The van der Waals surface area contributed by atoms with Crippen molar-refractivity contribution in [2.75, 3.05) is 18.6 Å². The molecule has 1 heterocycles. The van der Waals surface area contributed by atoms with Gasteiger partial charge in [-0.1, -0.05) is 18.2 Å². The SMILES string of the molecule is CSC1=NC(C)=C(C(=O)O)C(c2cc([N+](=O)[O-])ccc2SCCCCCO)N1C(=O)OC(C)(C)C. The summed E-state index contributed by atoms with van der Waals surface area (Å²) in [6, 6.07) is 3.08. The third kappa shape index (κ3) is 7.45. The van der Waals surface area contributed by atoms with Crippen LogP contribution in [0.2, 0.25) is 0 Å². The molecule has 0 saturated heterocycles. The summed E-state index contributed by atoms with van der Waals surface area (Å²) in [7, 11) is 0. The van der Waals surface area contributed by atoms with Crippen LogP contribution < -0.4 is 0 Å². The van der Waals surface area contributed by atoms with Gasteiger partial charge >= 0.3 is 12.1 Å². The number of non-ortho nitro benzene ring substituents is 1. The maximum atomic E-state index is 13.3. The lowest BCUT2D eigenvalue weighted by atomic mass is 9.94. The fourth-order valence-electron chi connectivity index (χ4n) is 3.47. The number of unbranched alkanes of at least 4 members (excludes halogenated alkanes) is 2. The van der Waals surface area contributed by atoms with Crippen molar-refractivity contribution in [3.05, 3.63) is 45.1 Å². The van der Waals surface area contributed by atoms with Crippen LogP contribution in [-0.4, -0.2) is 61.5 Å². The Morgan fingerprint density at radius 3 is 2.49 bits per heavy atom. The number of aliphatic imine (C=N–C) groups is 1. The molecular weight excluding hydrogens is 494 g/mol. The van der Waals surface area contributed by atoms with Crippen LogP contribution in [0.4, 0.5) is 10.5 Å². The van der Waals surface area contributed by atoms with Crippen LogP contribution in [0.3, 0.4) is 0 Å². The van der Waals surface area contributed by atoms with Crippen molar-refractivity contribution in [1.29, 1.82) is 0 Å². The second-order valence-electron chi connectivity index (χ2n) is 8.77. The lowest BCUT2D eigenvalue weighted by Crippen LogP contribution is -2.45. The predicted molar refractivity (Wildman–Crippen MR) is 137 cm³/mol. The van der Waals surface area contributed by atoms with Crippen LogP contribution in [0.25, 0.3) is 0 Å². The highest BCUT2D eigenvalue weighted by molar-refractivity contribution is 8.13. The van der Waals surface area contributed by atoms with Crippen molar-refractivity contribution in [2.24, 2.45) is 4.99 Å². The van der Waals surface area contributed by atoms with E-state index in [0.717, 1.165) is 24.6 Å². The summed E-state index contributed by atoms with van der Waals surface area (Å²) < 4.78 is 5.58. The van der Waals surface area contributed by atoms with Crippen LogP contribution in [0.1, 0.15) is 58.6 Å². The first-order valence-corrected chi connectivity index (χ1v) is 13.2. The number of thioether (sulfide) groups is 2. The first kappa shape index (κ1) is 28.7. The fraction of sp³-hybridized carbons (Fsp3) is 0.522. The number of carboxylic acids is 1. The number of nitro benzene ring substituents is 1. The van der Waals surface area contributed by atoms with E-state index in [0.29, 0.717) is 22.6 Å². The Kier molecular flexibility index (Phi) is 10.2. The predicted octanol–water partition coefficient (Wildman–Crippen LogP) is 5.22. The number of carbonyl (C=O) groups excluding carboxylic acids is 1. The third-order valence-corrected chi connectivity index (χ3v) is 6.78. The minimum Gasteiger partial charge on any atom is -0.478 e. The average molecular weight is 526 g/mol. The molecule has 0 aliphatic carbocycles. The Labute approximate surface area is 213 Å². The highest BCUT2D eigenvalue weighted by Gasteiger charge is 2.42. The van der Waals surface area contributed by atoms with Gasteiger partial charge in [-0.3, -0.25) is 10.1 Å². The fourth-order valence-corrected chi connectivity index (χ4v) is 5.14. The molecule has 1 aromatic rings. The number of nitro groups is 1. The van der Waals surface area contributed by atoms with E-state index in [1.165, 1.54) is 35.7 Å². The molecule has 2 N–H and O–H groups in total. The van der Waals surface area contributed by atoms with Gasteiger partial charge < -0.3 is 14.9 Å². The number of amidine groups is 1. The molecule has 192 valence electrons. The first-order chi connectivity index (χ1) is 16.4. The number of aliphatic hydroxyl groups excluding tert-OH is 1. The number of carbonyl (C=O) groups is 2. The number of aliphatic hydroxyl groups is 1. The molecule has 1 aliphatic heterocycles. The van der Waals surface area contributed by atoms with E-state index >= 15 is 0 Å². The lowest BCUT2D eigenvalue weighted by Gasteiger charge is -2.37. The van der Waals surface area contributed by atoms with Crippen LogP contribution in [0, 0.1) is 10.1 Å². The number of hydrogen-bond donors (Lipinski definition) is 2. The van der Waals surface area contributed by atoms with E-state index in [1.54, 1.807) is 33.1 Å². The monoisotopic (exact) mass is 525 g/mol. The van der Waals surface area contributed by atoms with Crippen molar-refractivity contribution in [2.45, 2.75) is 63.5 Å². The smallest absolute Gasteiger partial charge is 0.417 e. The Bertz CT molecular complexity index is 1030. The van der Waals surface area contributed by atoms with E-state index in [1.807, 2.05) is 0 Å². The summed E-state index contributed by atoms with van der Waals surface area (Å²) in [4.78, 5) is 42.9. The summed E-state index contributed by atoms with van der Waals surface area (Å²) in [5.41, 5.74) is -0.717. The number of carboxylic acid groups (broad SMARTS) is 1. The van der Waals surface area contributed by atoms with Crippen molar-refractivity contribution in [3.8, 4) is 0 Å². The largest absolute Gasteiger partial charge is 0.478 e. The first-order valence-electron chi connectivity index (χ1n) is 11.0. The molecule has 0 fully saturated rings. The lowest BCUT2D eigenvalue weighted by molar-refractivity contribution is -0.385. The molecular formula is C23H31N3O7S2. The molecule has 0 radical (unpaired) electrons. The van der Waals surface area contributed by atoms with Crippen LogP contribution in [-0.2, 0) is 9.53 Å². The molecule has 0 saturated carbocycles. The zero-order valence-corrected chi connectivity index (χ0v) is 22.1. The summed E-state index contributed by atoms with van der Waals surface area (Å²) in [5, 5.41) is 30.9. The normalized spacial score (nSPS) is 16.2. The Hall–Kier alpha value is -2.57. The van der Waals surface area contributed by atoms with Gasteiger partial charge in [0.25, 0.3) is 5.69 Å². The van der Waals surface area contributed by atoms with Crippen molar-refractivity contribution in [1.82, 2.24) is 4.90 Å². The van der Waals surface area contributed by atoms with Gasteiger partial charge in [0.05, 0.1) is 16.2 Å². The number of ether oxygens (including phenoxy) is 1. The van der Waals surface area contributed by atoms with Crippen molar-refractivity contribution in [3.63, 3.8) is 0 Å². The summed E-state index contributed by atoms with van der Waals surface area (Å²) >= 11 is 2.57. The molecule has 0 aromatic heterocycles. The van der Waals surface area contributed by atoms with Gasteiger partial charge in [0.1, 0.15) is 11.6 Å². The van der Waals surface area contributed by atoms with E-state index in [2.05, 4.69) is 4.99 Å². The molecule has 2 rings (SSSR count). The zero-order valence-electron chi connectivity index (χ0n) is 20.4. The summed E-state index contributed by atoms with van der Waals surface area (Å²) in [5.74, 6) is -0.631. The van der Waals surface area contributed by atoms with E-state index in [4.69, 9.17) is 9.84 Å². The minimum absolute atomic E-state index is 0.100. The Balaban J connectivity index is 2.69. The quantitative estimate of drug-likeness (QED) is 0.192. The van der Waals surface area contributed by atoms with Gasteiger partial charge in [-0.05, 0) is 58.6 Å². The molecule has 12 heteroatoms. The topological polar surface area (TPSA) is 143 Å². The van der Waals surface area contributed by atoms with Gasteiger partial charge in [-0.2, -0.15) is 0 Å². The van der Waals surface area contributed by atoms with Crippen LogP contribution >= 0.6 is 23.5 Å². The Morgan fingerprint density at radius 1 is 1.26 bits per heavy atom. The molecule has 1 amide bonds. The molecule has 1 atom stereocenters. The highest BCUT2D eigenvalue weighted by atomic mass is 32.2. The van der Waals surface area contributed by atoms with Crippen LogP contribution in [0.15, 0.2) is 39.4 Å². The number of rotatable bonds is 9. The van der Waals surface area contributed by atoms with Gasteiger partial charge in [0.15, 0.2) is 5.17 Å². The highest BCUT2D eigenvalue weighted by Crippen LogP contribution is 2.43. The maximum absolute atomic E-state index is 13.3. The Morgan fingerprint density at radius 2 is 1.94 bits per heavy atom. The van der Waals surface area contributed by atoms with E-state index in [-0.39, 0.29) is 28.7 Å². The standard InChI is InChI=1S/C23H31N3O7S2/c1-14-18(20(28)29)19(25(21(24-14)34-5)22(30)33-23(2,3)4)16-13-15(26(31)32)9-10-17(16)35-12-8-6-7-11-27/h9-10,13,19,27H,6-8,11-12H2,1-5H3,(H,28,29). The second-order valence-corrected chi connectivity index (χ2v) is 10.7. The van der Waals surface area contributed by atoms with Gasteiger partial charge in [-0.15, -0.1) is 11.8 Å². The molecule has 0 spiro atoms. The molecule has 1 aliphatic rings. The van der Waals surface area contributed by atoms with Crippen LogP contribution in [0.5, 0.6) is 0 Å². The summed E-state index contributed by atoms with van der Waals surface area (Å²) in [6.07, 6.45) is 3.17. The van der Waals surface area contributed by atoms with E-state index in [9.17, 15) is 24.8 Å². The van der Waals surface area contributed by atoms with Gasteiger partial charge in [0.2, 0.25) is 0 Å². The average Bonchev–Trinajstić information content (AvgIpc) is 2.76. The second kappa shape index (κ2) is 12.4. The molecule has 1 unspecified atom stereocenters. The number of allylic oxidation sites excluding steroid dienone is 1. The molecule has 0 bridgehead atoms. The zero-order chi connectivity index (χ0) is 26.3. The number of benzene rings is 1. The number of hydrogen-bond acceptors (Lipinski definition) is 9. The van der Waals surface area contributed by atoms with Crippen molar-refractivity contribution >= 4 is 46.4 Å². The number of aliphatic carboxylic acids is 1. The number of nitrogens with zero attached hydrogens (tertiary/aromatic N) is 3. The van der Waals surface area contributed by atoms with Gasteiger partial charge in [0, 0.05) is 29.2 Å². The van der Waals surface area contributed by atoms with Crippen molar-refractivity contribution < 1.29 is 29.5 Å². The number of amides is 1. The minimum atomic E-state index is -1.28. The third-order valence-electron chi connectivity index (χ3n) is 4.95. The summed E-state index contributed by atoms with van der Waals surface area (Å²) in [6.45, 7) is 6.72. The van der Waals surface area contributed by atoms with E-state index < -0.39 is 28.6 Å².